The molecule has 7 nitrogen and oxygen atoms in total. The molecule has 0 aliphatic carbocycles. The van der Waals surface area contributed by atoms with E-state index in [0.29, 0.717) is 22.0 Å². The predicted molar refractivity (Wildman–Crippen MR) is 122 cm³/mol. The Hall–Kier alpha value is -3.91. The molecule has 0 bridgehead atoms. The van der Waals surface area contributed by atoms with Crippen LogP contribution < -0.4 is 10.1 Å². The van der Waals surface area contributed by atoms with Crippen molar-refractivity contribution in [1.82, 2.24) is 15.2 Å². The number of thioether (sulfide) groups is 1. The molecular formula is C24H19N3O4S. The van der Waals surface area contributed by atoms with Crippen molar-refractivity contribution in [2.45, 2.75) is 0 Å². The second-order valence-electron chi connectivity index (χ2n) is 6.79. The fourth-order valence-electron chi connectivity index (χ4n) is 3.04. The van der Waals surface area contributed by atoms with Crippen LogP contribution in [0, 0.1) is 0 Å². The number of rotatable bonds is 7. The van der Waals surface area contributed by atoms with Gasteiger partial charge in [0.2, 0.25) is 0 Å². The van der Waals surface area contributed by atoms with Crippen LogP contribution in [0.2, 0.25) is 0 Å². The second-order valence-corrected chi connectivity index (χ2v) is 7.78. The van der Waals surface area contributed by atoms with Crippen molar-refractivity contribution in [2.75, 3.05) is 13.1 Å². The minimum atomic E-state index is -0.383. The molecular weight excluding hydrogens is 426 g/mol. The number of para-hydroxylation sites is 2. The van der Waals surface area contributed by atoms with Crippen molar-refractivity contribution in [2.24, 2.45) is 0 Å². The minimum absolute atomic E-state index is 0.0719. The fourth-order valence-corrected chi connectivity index (χ4v) is 3.91. The Morgan fingerprint density at radius 1 is 1.03 bits per heavy atom. The zero-order valence-corrected chi connectivity index (χ0v) is 17.7. The Bertz CT molecular complexity index is 1170. The van der Waals surface area contributed by atoms with Crippen LogP contribution in [0.5, 0.6) is 11.5 Å². The van der Waals surface area contributed by atoms with E-state index in [1.54, 1.807) is 67.0 Å². The molecule has 32 heavy (non-hydrogen) atoms. The van der Waals surface area contributed by atoms with Gasteiger partial charge in [0, 0.05) is 25.5 Å². The summed E-state index contributed by atoms with van der Waals surface area (Å²) in [6, 6.07) is 19.6. The molecule has 3 amide bonds. The number of nitrogens with one attached hydrogen (secondary N) is 1. The normalized spacial score (nSPS) is 14.6. The average Bonchev–Trinajstić information content (AvgIpc) is 3.08. The van der Waals surface area contributed by atoms with E-state index in [1.165, 1.54) is 0 Å². The van der Waals surface area contributed by atoms with Crippen molar-refractivity contribution < 1.29 is 19.1 Å². The highest BCUT2D eigenvalue weighted by Gasteiger charge is 2.34. The van der Waals surface area contributed by atoms with Gasteiger partial charge in [-0.1, -0.05) is 36.4 Å². The van der Waals surface area contributed by atoms with E-state index in [0.717, 1.165) is 22.2 Å². The monoisotopic (exact) mass is 445 g/mol. The number of hydrogen-bond donors (Lipinski definition) is 1. The summed E-state index contributed by atoms with van der Waals surface area (Å²) in [5.41, 5.74) is 1.10. The molecule has 3 aromatic rings. The lowest BCUT2D eigenvalue weighted by Gasteiger charge is -2.14. The number of pyridine rings is 1. The standard InChI is InChI=1S/C24H19N3O4S/c28-22(19-10-4-5-11-20(19)31-18-8-2-1-3-9-18)26-13-14-27-23(29)21(32-24(27)30)15-17-7-6-12-25-16-17/h1-12,15-16H,13-14H2,(H,26,28)/b21-15-. The van der Waals surface area contributed by atoms with Crippen molar-refractivity contribution in [1.29, 1.82) is 0 Å². The quantitative estimate of drug-likeness (QED) is 0.544. The maximum Gasteiger partial charge on any atom is 0.293 e. The number of carbonyl (C=O) groups is 3. The molecule has 160 valence electrons. The summed E-state index contributed by atoms with van der Waals surface area (Å²) in [5, 5.41) is 2.39. The summed E-state index contributed by atoms with van der Waals surface area (Å²) >= 11 is 0.874. The van der Waals surface area contributed by atoms with Crippen molar-refractivity contribution in [3.8, 4) is 11.5 Å². The van der Waals surface area contributed by atoms with Crippen molar-refractivity contribution in [3.63, 3.8) is 0 Å². The zero-order valence-electron chi connectivity index (χ0n) is 16.9. The van der Waals surface area contributed by atoms with E-state index in [1.807, 2.05) is 18.2 Å². The van der Waals surface area contributed by atoms with E-state index < -0.39 is 0 Å². The molecule has 0 spiro atoms. The summed E-state index contributed by atoms with van der Waals surface area (Å²) in [6.45, 7) is 0.194. The van der Waals surface area contributed by atoms with E-state index in [-0.39, 0.29) is 30.1 Å². The molecule has 1 saturated heterocycles. The maximum atomic E-state index is 12.7. The molecule has 4 rings (SSSR count). The van der Waals surface area contributed by atoms with E-state index in [2.05, 4.69) is 10.3 Å². The van der Waals surface area contributed by atoms with Gasteiger partial charge in [-0.2, -0.15) is 0 Å². The molecule has 1 fully saturated rings. The molecule has 0 unspecified atom stereocenters. The topological polar surface area (TPSA) is 88.6 Å². The lowest BCUT2D eigenvalue weighted by Crippen LogP contribution is -2.37. The highest BCUT2D eigenvalue weighted by Crippen LogP contribution is 2.31. The summed E-state index contributed by atoms with van der Waals surface area (Å²) < 4.78 is 5.82. The smallest absolute Gasteiger partial charge is 0.293 e. The first-order valence-electron chi connectivity index (χ1n) is 9.87. The molecule has 8 heteroatoms. The molecule has 1 aromatic heterocycles. The minimum Gasteiger partial charge on any atom is -0.457 e. The molecule has 1 aliphatic rings. The number of benzene rings is 2. The zero-order chi connectivity index (χ0) is 22.3. The van der Waals surface area contributed by atoms with Crippen LogP contribution in [0.15, 0.2) is 84.0 Å². The summed E-state index contributed by atoms with van der Waals surface area (Å²) in [4.78, 5) is 43.0. The lowest BCUT2D eigenvalue weighted by atomic mass is 10.2. The Balaban J connectivity index is 1.37. The number of hydrogen-bond acceptors (Lipinski definition) is 6. The fraction of sp³-hybridized carbons (Fsp3) is 0.0833. The molecule has 0 radical (unpaired) electrons. The number of carbonyl (C=O) groups excluding carboxylic acids is 3. The van der Waals surface area contributed by atoms with Gasteiger partial charge in [-0.15, -0.1) is 0 Å². The summed E-state index contributed by atoms with van der Waals surface area (Å²) in [7, 11) is 0. The maximum absolute atomic E-state index is 12.7. The van der Waals surface area contributed by atoms with Crippen LogP contribution in [0.1, 0.15) is 15.9 Å². The largest absolute Gasteiger partial charge is 0.457 e. The Kier molecular flexibility index (Phi) is 6.62. The first-order valence-corrected chi connectivity index (χ1v) is 10.7. The number of nitrogens with zero attached hydrogens (tertiary/aromatic N) is 2. The third kappa shape index (κ3) is 5.04. The van der Waals surface area contributed by atoms with Gasteiger partial charge >= 0.3 is 0 Å². The first-order chi connectivity index (χ1) is 15.6. The molecule has 2 heterocycles. The van der Waals surface area contributed by atoms with Crippen molar-refractivity contribution >= 4 is 34.9 Å². The van der Waals surface area contributed by atoms with Crippen LogP contribution in [-0.2, 0) is 4.79 Å². The van der Waals surface area contributed by atoms with Gasteiger partial charge in [0.1, 0.15) is 11.5 Å². The van der Waals surface area contributed by atoms with E-state index in [4.69, 9.17) is 4.74 Å². The number of ether oxygens (including phenoxy) is 1. The van der Waals surface area contributed by atoms with Crippen LogP contribution in [-0.4, -0.2) is 40.0 Å². The summed E-state index contributed by atoms with van der Waals surface area (Å²) in [5.74, 6) is 0.299. The second kappa shape index (κ2) is 9.93. The number of imide groups is 1. The molecule has 2 aromatic carbocycles. The van der Waals surface area contributed by atoms with Crippen molar-refractivity contribution in [3.05, 3.63) is 95.2 Å². The third-order valence-electron chi connectivity index (χ3n) is 4.58. The molecule has 1 N–H and O–H groups in total. The van der Waals surface area contributed by atoms with Gasteiger partial charge in [0.05, 0.1) is 10.5 Å². The number of aromatic nitrogens is 1. The highest BCUT2D eigenvalue weighted by molar-refractivity contribution is 8.18. The Labute approximate surface area is 189 Å². The molecule has 0 saturated carbocycles. The Morgan fingerprint density at radius 2 is 1.81 bits per heavy atom. The lowest BCUT2D eigenvalue weighted by molar-refractivity contribution is -0.122. The highest BCUT2D eigenvalue weighted by atomic mass is 32.2. The SMILES string of the molecule is O=C(NCCN1C(=O)S/C(=C\c2cccnc2)C1=O)c1ccccc1Oc1ccccc1. The molecule has 0 atom stereocenters. The average molecular weight is 446 g/mol. The predicted octanol–water partition coefficient (Wildman–Crippen LogP) is 4.34. The summed E-state index contributed by atoms with van der Waals surface area (Å²) in [6.07, 6.45) is 4.88. The van der Waals surface area contributed by atoms with Gasteiger partial charge in [-0.05, 0) is 53.7 Å². The van der Waals surface area contributed by atoms with E-state index >= 15 is 0 Å². The van der Waals surface area contributed by atoms with Gasteiger partial charge in [0.25, 0.3) is 17.1 Å². The Morgan fingerprint density at radius 3 is 2.59 bits per heavy atom. The van der Waals surface area contributed by atoms with Gasteiger partial charge in [0.15, 0.2) is 0 Å². The third-order valence-corrected chi connectivity index (χ3v) is 5.49. The van der Waals surface area contributed by atoms with Gasteiger partial charge in [-0.3, -0.25) is 24.3 Å². The van der Waals surface area contributed by atoms with Crippen LogP contribution in [0.3, 0.4) is 0 Å². The number of amides is 3. The van der Waals surface area contributed by atoms with E-state index in [9.17, 15) is 14.4 Å². The van der Waals surface area contributed by atoms with Crippen LogP contribution >= 0.6 is 11.8 Å². The van der Waals surface area contributed by atoms with Gasteiger partial charge in [-0.25, -0.2) is 0 Å². The van der Waals surface area contributed by atoms with Crippen LogP contribution in [0.4, 0.5) is 4.79 Å². The molecule has 1 aliphatic heterocycles. The van der Waals surface area contributed by atoms with Crippen LogP contribution in [0.25, 0.3) is 6.08 Å². The van der Waals surface area contributed by atoms with Gasteiger partial charge < -0.3 is 10.1 Å². The first kappa shape index (κ1) is 21.3.